The van der Waals surface area contributed by atoms with Crippen molar-refractivity contribution >= 4 is 16.8 Å². The number of benzene rings is 2. The van der Waals surface area contributed by atoms with Crippen molar-refractivity contribution < 1.29 is 14.3 Å². The second-order valence-electron chi connectivity index (χ2n) is 8.21. The minimum absolute atomic E-state index is 0.216. The summed E-state index contributed by atoms with van der Waals surface area (Å²) in [6, 6.07) is 14.2. The molecule has 0 bridgehead atoms. The largest absolute Gasteiger partial charge is 0.497 e. The van der Waals surface area contributed by atoms with Gasteiger partial charge in [0, 0.05) is 12.1 Å². The van der Waals surface area contributed by atoms with Gasteiger partial charge < -0.3 is 14.8 Å². The van der Waals surface area contributed by atoms with Crippen LogP contribution in [0.15, 0.2) is 53.3 Å². The number of methoxy groups -OCH3 is 2. The van der Waals surface area contributed by atoms with Gasteiger partial charge in [-0.3, -0.25) is 9.59 Å². The lowest BCUT2D eigenvalue weighted by molar-refractivity contribution is -0.125. The molecule has 0 saturated carbocycles. The number of fused-ring (bicyclic) bond motifs is 1. The van der Waals surface area contributed by atoms with Crippen molar-refractivity contribution in [2.45, 2.75) is 39.8 Å². The Labute approximate surface area is 203 Å². The van der Waals surface area contributed by atoms with E-state index in [1.165, 1.54) is 4.68 Å². The molecule has 0 aliphatic heterocycles. The molecule has 182 valence electrons. The minimum Gasteiger partial charge on any atom is -0.497 e. The second-order valence-corrected chi connectivity index (χ2v) is 8.21. The van der Waals surface area contributed by atoms with E-state index < -0.39 is 11.6 Å². The van der Waals surface area contributed by atoms with Crippen molar-refractivity contribution in [2.24, 2.45) is 0 Å². The highest BCUT2D eigenvalue weighted by molar-refractivity contribution is 5.84. The molecule has 1 amide bonds. The van der Waals surface area contributed by atoms with Gasteiger partial charge in [-0.05, 0) is 50.6 Å². The number of carbonyl (C=O) groups excluding carboxylic acids is 1. The number of para-hydroxylation sites is 1. The van der Waals surface area contributed by atoms with E-state index in [-0.39, 0.29) is 12.5 Å². The molecule has 0 spiro atoms. The normalized spacial score (nSPS) is 11.9. The molecular weight excluding hydrogens is 446 g/mol. The number of aromatic nitrogens is 4. The van der Waals surface area contributed by atoms with Gasteiger partial charge in [-0.25, -0.2) is 9.36 Å². The molecule has 9 nitrogen and oxygen atoms in total. The third-order valence-electron chi connectivity index (χ3n) is 6.07. The van der Waals surface area contributed by atoms with Crippen LogP contribution in [0.3, 0.4) is 0 Å². The molecule has 2 aromatic heterocycles. The molecule has 0 saturated heterocycles. The van der Waals surface area contributed by atoms with E-state index in [4.69, 9.17) is 9.47 Å². The van der Waals surface area contributed by atoms with Gasteiger partial charge in [0.15, 0.2) is 5.52 Å². The average molecular weight is 476 g/mol. The van der Waals surface area contributed by atoms with Crippen molar-refractivity contribution in [3.63, 3.8) is 0 Å². The highest BCUT2D eigenvalue weighted by Gasteiger charge is 2.25. The second kappa shape index (κ2) is 10.0. The lowest BCUT2D eigenvalue weighted by atomic mass is 10.1. The Bertz CT molecular complexity index is 1430. The van der Waals surface area contributed by atoms with E-state index >= 15 is 0 Å². The van der Waals surface area contributed by atoms with Crippen LogP contribution in [0.1, 0.15) is 36.3 Å². The first-order chi connectivity index (χ1) is 16.9. The van der Waals surface area contributed by atoms with Crippen LogP contribution in [0.2, 0.25) is 0 Å². The lowest BCUT2D eigenvalue weighted by Crippen LogP contribution is -2.38. The molecule has 0 unspecified atom stereocenters. The van der Waals surface area contributed by atoms with Crippen molar-refractivity contribution in [2.75, 3.05) is 14.2 Å². The van der Waals surface area contributed by atoms with E-state index in [0.717, 1.165) is 16.9 Å². The third-order valence-corrected chi connectivity index (χ3v) is 6.07. The van der Waals surface area contributed by atoms with E-state index in [9.17, 15) is 9.59 Å². The number of hydrogen-bond acceptors (Lipinski definition) is 6. The van der Waals surface area contributed by atoms with Crippen LogP contribution in [0, 0.1) is 13.8 Å². The summed E-state index contributed by atoms with van der Waals surface area (Å²) in [7, 11) is 3.15. The number of rotatable bonds is 8. The van der Waals surface area contributed by atoms with Gasteiger partial charge >= 0.3 is 0 Å². The summed E-state index contributed by atoms with van der Waals surface area (Å²) in [5.74, 6) is 0.976. The predicted molar refractivity (Wildman–Crippen MR) is 133 cm³/mol. The monoisotopic (exact) mass is 475 g/mol. The standard InChI is InChI=1S/C26H29N5O4/c1-6-21(25(32)27-15-18-14-20(34-4)12-13-22(18)35-5)31-26(33)24-23(16(2)28-31)17(3)30(29-24)19-10-8-7-9-11-19/h7-14,21H,6,15H2,1-5H3,(H,27,32)/t21-/m0/s1. The number of hydrogen-bond donors (Lipinski definition) is 1. The number of carbonyl (C=O) groups is 1. The maximum absolute atomic E-state index is 13.4. The Balaban J connectivity index is 1.68. The maximum Gasteiger partial charge on any atom is 0.295 e. The fraction of sp³-hybridized carbons (Fsp3) is 0.308. The third kappa shape index (κ3) is 4.49. The van der Waals surface area contributed by atoms with E-state index in [0.29, 0.717) is 34.5 Å². The summed E-state index contributed by atoms with van der Waals surface area (Å²) in [5, 5.41) is 12.7. The van der Waals surface area contributed by atoms with Crippen molar-refractivity contribution in [1.82, 2.24) is 24.9 Å². The zero-order valence-corrected chi connectivity index (χ0v) is 20.5. The topological polar surface area (TPSA) is 100 Å². The Morgan fingerprint density at radius 1 is 1.06 bits per heavy atom. The van der Waals surface area contributed by atoms with Gasteiger partial charge in [0.2, 0.25) is 5.91 Å². The van der Waals surface area contributed by atoms with E-state index in [1.54, 1.807) is 37.1 Å². The maximum atomic E-state index is 13.4. The van der Waals surface area contributed by atoms with E-state index in [2.05, 4.69) is 15.5 Å². The Hall–Kier alpha value is -4.14. The lowest BCUT2D eigenvalue weighted by Gasteiger charge is -2.18. The molecule has 0 fully saturated rings. The van der Waals surface area contributed by atoms with Gasteiger partial charge in [0.1, 0.15) is 17.5 Å². The summed E-state index contributed by atoms with van der Waals surface area (Å²) >= 11 is 0. The van der Waals surface area contributed by atoms with Gasteiger partial charge in [-0.2, -0.15) is 10.2 Å². The average Bonchev–Trinajstić information content (AvgIpc) is 3.24. The summed E-state index contributed by atoms with van der Waals surface area (Å²) in [5.41, 5.74) is 2.97. The molecule has 2 heterocycles. The Morgan fingerprint density at radius 2 is 1.80 bits per heavy atom. The predicted octanol–water partition coefficient (Wildman–Crippen LogP) is 3.48. The first-order valence-corrected chi connectivity index (χ1v) is 11.4. The molecule has 1 atom stereocenters. The van der Waals surface area contributed by atoms with Gasteiger partial charge in [0.25, 0.3) is 5.56 Å². The summed E-state index contributed by atoms with van der Waals surface area (Å²) in [6.07, 6.45) is 0.386. The highest BCUT2D eigenvalue weighted by Crippen LogP contribution is 2.25. The SMILES string of the molecule is CC[C@@H](C(=O)NCc1cc(OC)ccc1OC)n1nc(C)c2c(C)n(-c3ccccc3)nc2c1=O. The number of nitrogens with one attached hydrogen (secondary N) is 1. The first-order valence-electron chi connectivity index (χ1n) is 11.4. The van der Waals surface area contributed by atoms with Crippen molar-refractivity contribution in [3.05, 3.63) is 75.8 Å². The zero-order chi connectivity index (χ0) is 25.1. The van der Waals surface area contributed by atoms with Crippen LogP contribution >= 0.6 is 0 Å². The number of nitrogens with zero attached hydrogens (tertiary/aromatic N) is 4. The molecule has 2 aromatic carbocycles. The van der Waals surface area contributed by atoms with Gasteiger partial charge in [0.05, 0.1) is 36.7 Å². The van der Waals surface area contributed by atoms with Crippen LogP contribution in [0.25, 0.3) is 16.6 Å². The molecular formula is C26H29N5O4. The molecule has 0 aliphatic rings. The highest BCUT2D eigenvalue weighted by atomic mass is 16.5. The van der Waals surface area contributed by atoms with E-state index in [1.807, 2.05) is 51.1 Å². The molecule has 4 aromatic rings. The van der Waals surface area contributed by atoms with Crippen LogP contribution < -0.4 is 20.3 Å². The first kappa shape index (κ1) is 24.0. The number of amides is 1. The van der Waals surface area contributed by atoms with Crippen molar-refractivity contribution in [3.8, 4) is 17.2 Å². The van der Waals surface area contributed by atoms with Crippen LogP contribution in [-0.2, 0) is 11.3 Å². The summed E-state index contributed by atoms with van der Waals surface area (Å²) in [6.45, 7) is 5.80. The molecule has 0 radical (unpaired) electrons. The summed E-state index contributed by atoms with van der Waals surface area (Å²) < 4.78 is 13.7. The van der Waals surface area contributed by atoms with Crippen LogP contribution in [0.4, 0.5) is 0 Å². The van der Waals surface area contributed by atoms with Crippen LogP contribution in [0.5, 0.6) is 11.5 Å². The smallest absolute Gasteiger partial charge is 0.295 e. The zero-order valence-electron chi connectivity index (χ0n) is 20.5. The fourth-order valence-corrected chi connectivity index (χ4v) is 4.27. The molecule has 1 N–H and O–H groups in total. The van der Waals surface area contributed by atoms with Gasteiger partial charge in [-0.15, -0.1) is 0 Å². The summed E-state index contributed by atoms with van der Waals surface area (Å²) in [4.78, 5) is 26.6. The van der Waals surface area contributed by atoms with Crippen molar-refractivity contribution in [1.29, 1.82) is 0 Å². The minimum atomic E-state index is -0.788. The Kier molecular flexibility index (Phi) is 6.86. The number of aryl methyl sites for hydroxylation is 2. The Morgan fingerprint density at radius 3 is 2.46 bits per heavy atom. The molecule has 9 heteroatoms. The number of ether oxygens (including phenoxy) is 2. The van der Waals surface area contributed by atoms with Gasteiger partial charge in [-0.1, -0.05) is 25.1 Å². The molecule has 0 aliphatic carbocycles. The molecule has 4 rings (SSSR count). The molecule has 35 heavy (non-hydrogen) atoms. The fourth-order valence-electron chi connectivity index (χ4n) is 4.27. The van der Waals surface area contributed by atoms with Crippen LogP contribution in [-0.4, -0.2) is 39.7 Å². The quantitative estimate of drug-likeness (QED) is 0.419.